The number of thiazole rings is 1. The first-order valence-corrected chi connectivity index (χ1v) is 12.9. The van der Waals surface area contributed by atoms with Crippen molar-refractivity contribution in [2.45, 2.75) is 32.7 Å². The third kappa shape index (κ3) is 4.77. The summed E-state index contributed by atoms with van der Waals surface area (Å²) in [6.07, 6.45) is 1.87. The summed E-state index contributed by atoms with van der Waals surface area (Å²) in [5, 5.41) is 0. The molecule has 2 heterocycles. The van der Waals surface area contributed by atoms with Gasteiger partial charge in [-0.3, -0.25) is 9.36 Å². The maximum absolute atomic E-state index is 13.7. The fourth-order valence-corrected chi connectivity index (χ4v) is 6.00. The molecule has 0 saturated carbocycles. The number of ether oxygens (including phenoxy) is 1. The maximum Gasteiger partial charge on any atom is 0.338 e. The lowest BCUT2D eigenvalue weighted by atomic mass is 9.93. The Kier molecular flexibility index (Phi) is 7.15. The van der Waals surface area contributed by atoms with Gasteiger partial charge in [0.25, 0.3) is 5.56 Å². The van der Waals surface area contributed by atoms with E-state index in [2.05, 4.69) is 34.8 Å². The lowest BCUT2D eigenvalue weighted by molar-refractivity contribution is -0.136. The lowest BCUT2D eigenvalue weighted by Crippen LogP contribution is -2.39. The zero-order valence-electron chi connectivity index (χ0n) is 20.6. The Morgan fingerprint density at radius 2 is 1.89 bits per heavy atom. The van der Waals surface area contributed by atoms with Gasteiger partial charge in [-0.2, -0.15) is 0 Å². The van der Waals surface area contributed by atoms with Crippen LogP contribution < -0.4 is 19.8 Å². The van der Waals surface area contributed by atoms with Crippen LogP contribution >= 0.6 is 27.3 Å². The predicted molar refractivity (Wildman–Crippen MR) is 145 cm³/mol. The molecule has 4 rings (SSSR count). The fourth-order valence-electron chi connectivity index (χ4n) is 4.20. The average Bonchev–Trinajstić information content (AvgIpc) is 3.11. The van der Waals surface area contributed by atoms with Crippen molar-refractivity contribution in [1.82, 2.24) is 4.57 Å². The highest BCUT2D eigenvalue weighted by Gasteiger charge is 2.33. The first-order valence-electron chi connectivity index (χ1n) is 11.3. The van der Waals surface area contributed by atoms with Gasteiger partial charge in [-0.1, -0.05) is 55.5 Å². The van der Waals surface area contributed by atoms with Crippen LogP contribution in [0.15, 0.2) is 68.0 Å². The molecule has 0 N–H and O–H groups in total. The molecule has 2 aromatic carbocycles. The molecule has 0 spiro atoms. The minimum atomic E-state index is -0.607. The molecule has 8 heteroatoms. The topological polar surface area (TPSA) is 63.9 Å². The molecule has 0 aliphatic carbocycles. The van der Waals surface area contributed by atoms with Crippen LogP contribution in [0.25, 0.3) is 6.08 Å². The molecule has 1 aliphatic rings. The molecular formula is C27H28BrN3O3S. The monoisotopic (exact) mass is 553 g/mol. The Bertz CT molecular complexity index is 1500. The van der Waals surface area contributed by atoms with Crippen LogP contribution in [0.4, 0.5) is 5.69 Å². The number of aromatic nitrogens is 1. The molecule has 0 radical (unpaired) electrons. The molecule has 1 aromatic heterocycles. The minimum absolute atomic E-state index is 0.187. The van der Waals surface area contributed by atoms with E-state index in [9.17, 15) is 9.59 Å². The van der Waals surface area contributed by atoms with Crippen molar-refractivity contribution in [2.24, 2.45) is 4.99 Å². The van der Waals surface area contributed by atoms with Crippen molar-refractivity contribution in [3.05, 3.63) is 94.6 Å². The highest BCUT2D eigenvalue weighted by molar-refractivity contribution is 9.10. The van der Waals surface area contributed by atoms with Crippen molar-refractivity contribution < 1.29 is 9.53 Å². The number of methoxy groups -OCH3 is 1. The van der Waals surface area contributed by atoms with E-state index in [4.69, 9.17) is 4.74 Å². The predicted octanol–water partition coefficient (Wildman–Crippen LogP) is 4.36. The number of fused-ring (bicyclic) bond motifs is 1. The van der Waals surface area contributed by atoms with E-state index in [-0.39, 0.29) is 5.56 Å². The van der Waals surface area contributed by atoms with E-state index < -0.39 is 12.0 Å². The standard InChI is InChI=1S/C27H28BrN3O3S/c1-15(2)18-8-10-19(11-9-18)24-23(26(33)34-6)16(3)29-27-31(24)25(32)22(35-27)14-17-7-12-21(30(4)5)20(28)13-17/h7-15,24H,1-6H3/b22-14-. The van der Waals surface area contributed by atoms with Crippen LogP contribution in [0.2, 0.25) is 0 Å². The van der Waals surface area contributed by atoms with Gasteiger partial charge in [0.05, 0.1) is 34.6 Å². The number of benzene rings is 2. The lowest BCUT2D eigenvalue weighted by Gasteiger charge is -2.24. The van der Waals surface area contributed by atoms with Gasteiger partial charge in [-0.25, -0.2) is 9.79 Å². The molecule has 182 valence electrons. The molecule has 1 atom stereocenters. The zero-order valence-corrected chi connectivity index (χ0v) is 23.0. The number of esters is 1. The Labute approximate surface area is 217 Å². The van der Waals surface area contributed by atoms with Crippen molar-refractivity contribution in [3.63, 3.8) is 0 Å². The van der Waals surface area contributed by atoms with Gasteiger partial charge < -0.3 is 9.64 Å². The number of nitrogens with zero attached hydrogens (tertiary/aromatic N) is 3. The second-order valence-electron chi connectivity index (χ2n) is 9.00. The summed E-state index contributed by atoms with van der Waals surface area (Å²) in [6, 6.07) is 13.4. The molecule has 0 bridgehead atoms. The van der Waals surface area contributed by atoms with Gasteiger partial charge >= 0.3 is 5.97 Å². The van der Waals surface area contributed by atoms with Crippen LogP contribution in [-0.2, 0) is 9.53 Å². The van der Waals surface area contributed by atoms with Gasteiger partial charge in [0.2, 0.25) is 0 Å². The number of hydrogen-bond donors (Lipinski definition) is 0. The molecule has 1 aliphatic heterocycles. The summed E-state index contributed by atoms with van der Waals surface area (Å²) in [4.78, 5) is 33.7. The van der Waals surface area contributed by atoms with Gasteiger partial charge in [-0.15, -0.1) is 0 Å². The van der Waals surface area contributed by atoms with E-state index in [1.54, 1.807) is 11.5 Å². The molecular weight excluding hydrogens is 526 g/mol. The number of halogens is 1. The van der Waals surface area contributed by atoms with Crippen LogP contribution in [0.5, 0.6) is 0 Å². The van der Waals surface area contributed by atoms with Crippen molar-refractivity contribution >= 4 is 45.0 Å². The smallest absolute Gasteiger partial charge is 0.338 e. The third-order valence-corrected chi connectivity index (χ3v) is 7.72. The summed E-state index contributed by atoms with van der Waals surface area (Å²) in [5.74, 6) is -0.108. The van der Waals surface area contributed by atoms with Gasteiger partial charge in [-0.05, 0) is 63.7 Å². The van der Waals surface area contributed by atoms with Gasteiger partial charge in [0.1, 0.15) is 0 Å². The molecule has 35 heavy (non-hydrogen) atoms. The van der Waals surface area contributed by atoms with Gasteiger partial charge in [0, 0.05) is 18.6 Å². The largest absolute Gasteiger partial charge is 0.466 e. The van der Waals surface area contributed by atoms with Crippen LogP contribution in [0, 0.1) is 0 Å². The maximum atomic E-state index is 13.7. The Morgan fingerprint density at radius 3 is 2.46 bits per heavy atom. The third-order valence-electron chi connectivity index (χ3n) is 6.10. The molecule has 1 unspecified atom stereocenters. The molecule has 0 fully saturated rings. The van der Waals surface area contributed by atoms with Crippen LogP contribution in [0.1, 0.15) is 49.4 Å². The van der Waals surface area contributed by atoms with Crippen molar-refractivity contribution in [1.29, 1.82) is 0 Å². The van der Waals surface area contributed by atoms with Crippen LogP contribution in [0.3, 0.4) is 0 Å². The summed E-state index contributed by atoms with van der Waals surface area (Å²) in [7, 11) is 5.31. The quantitative estimate of drug-likeness (QED) is 0.440. The number of anilines is 1. The number of allylic oxidation sites excluding steroid dienone is 1. The molecule has 3 aromatic rings. The molecule has 6 nitrogen and oxygen atoms in total. The van der Waals surface area contributed by atoms with Gasteiger partial charge in [0.15, 0.2) is 4.80 Å². The Hall–Kier alpha value is -2.97. The summed E-state index contributed by atoms with van der Waals surface area (Å²) >= 11 is 4.93. The second kappa shape index (κ2) is 9.95. The van der Waals surface area contributed by atoms with E-state index in [0.29, 0.717) is 26.5 Å². The average molecular weight is 555 g/mol. The van der Waals surface area contributed by atoms with E-state index in [1.165, 1.54) is 24.0 Å². The molecule has 0 amide bonds. The minimum Gasteiger partial charge on any atom is -0.466 e. The van der Waals surface area contributed by atoms with E-state index in [1.807, 2.05) is 67.5 Å². The first-order chi connectivity index (χ1) is 16.6. The number of hydrogen-bond acceptors (Lipinski definition) is 6. The van der Waals surface area contributed by atoms with Crippen molar-refractivity contribution in [3.8, 4) is 0 Å². The normalized spacial score (nSPS) is 15.8. The highest BCUT2D eigenvalue weighted by Crippen LogP contribution is 2.31. The highest BCUT2D eigenvalue weighted by atomic mass is 79.9. The number of carbonyl (C=O) groups is 1. The SMILES string of the molecule is COC(=O)C1=C(C)N=c2s/c(=C\c3ccc(N(C)C)c(Br)c3)c(=O)n2C1c1ccc(C(C)C)cc1. The number of carbonyl (C=O) groups excluding carboxylic acids is 1. The molecule has 0 saturated heterocycles. The number of rotatable bonds is 5. The summed E-state index contributed by atoms with van der Waals surface area (Å²) in [6.45, 7) is 6.05. The second-order valence-corrected chi connectivity index (χ2v) is 10.9. The first kappa shape index (κ1) is 25.1. The van der Waals surface area contributed by atoms with E-state index in [0.717, 1.165) is 21.3 Å². The fraction of sp³-hybridized carbons (Fsp3) is 0.296. The summed E-state index contributed by atoms with van der Waals surface area (Å²) < 4.78 is 8.20. The Morgan fingerprint density at radius 1 is 1.20 bits per heavy atom. The van der Waals surface area contributed by atoms with Crippen LogP contribution in [-0.4, -0.2) is 31.7 Å². The Balaban J connectivity index is 1.91. The zero-order chi connectivity index (χ0) is 25.4. The summed E-state index contributed by atoms with van der Waals surface area (Å²) in [5.41, 5.74) is 4.72. The van der Waals surface area contributed by atoms with E-state index >= 15 is 0 Å². The van der Waals surface area contributed by atoms with Crippen molar-refractivity contribution in [2.75, 3.05) is 26.1 Å².